The zero-order valence-corrected chi connectivity index (χ0v) is 13.0. The molecule has 0 aliphatic carbocycles. The van der Waals surface area contributed by atoms with Crippen LogP contribution in [0.15, 0.2) is 12.2 Å². The molecule has 0 radical (unpaired) electrons. The van der Waals surface area contributed by atoms with E-state index < -0.39 is 41.0 Å². The first-order valence-electron chi connectivity index (χ1n) is 6.27. The quantitative estimate of drug-likeness (QED) is 0.455. The molecule has 24 heavy (non-hydrogen) atoms. The normalized spacial score (nSPS) is 16.8. The van der Waals surface area contributed by atoms with Gasteiger partial charge in [0.15, 0.2) is 5.60 Å². The zero-order valence-electron chi connectivity index (χ0n) is 13.0. The van der Waals surface area contributed by atoms with Gasteiger partial charge < -0.3 is 9.84 Å². The number of alkyl halides is 7. The molecule has 140 valence electrons. The minimum absolute atomic E-state index is 0.119. The highest BCUT2D eigenvalue weighted by Crippen LogP contribution is 2.56. The molecule has 0 spiro atoms. The van der Waals surface area contributed by atoms with Crippen molar-refractivity contribution in [3.63, 3.8) is 0 Å². The van der Waals surface area contributed by atoms with Gasteiger partial charge in [0.05, 0.1) is 0 Å². The van der Waals surface area contributed by atoms with Crippen LogP contribution in [0.2, 0.25) is 0 Å². The molecule has 0 aliphatic rings. The Hall–Kier alpha value is -1.81. The predicted octanol–water partition coefficient (Wildman–Crippen LogP) is 3.81. The Bertz CT molecular complexity index is 531. The maximum atomic E-state index is 14.1. The molecule has 1 unspecified atom stereocenters. The van der Waals surface area contributed by atoms with Crippen molar-refractivity contribution < 1.29 is 50.2 Å². The van der Waals surface area contributed by atoms with Gasteiger partial charge in [-0.05, 0) is 6.92 Å². The van der Waals surface area contributed by atoms with Crippen molar-refractivity contribution in [3.05, 3.63) is 12.2 Å². The monoisotopic (exact) mass is 368 g/mol. The van der Waals surface area contributed by atoms with Crippen LogP contribution in [0, 0.1) is 5.41 Å². The molecule has 0 aromatic carbocycles. The fourth-order valence-corrected chi connectivity index (χ4v) is 1.54. The van der Waals surface area contributed by atoms with Crippen molar-refractivity contribution in [1.82, 2.24) is 0 Å². The number of hydrogen-bond donors (Lipinski definition) is 1. The lowest BCUT2D eigenvalue weighted by atomic mass is 9.71. The fraction of sp³-hybridized carbons (Fsp3) is 0.692. The summed E-state index contributed by atoms with van der Waals surface area (Å²) in [6.07, 6.45) is -6.33. The lowest BCUT2D eigenvalue weighted by molar-refractivity contribution is -0.396. The Morgan fingerprint density at radius 1 is 0.833 bits per heavy atom. The molecular formula is C13H15F7O4. The summed E-state index contributed by atoms with van der Waals surface area (Å²) < 4.78 is 96.2. The van der Waals surface area contributed by atoms with Gasteiger partial charge in [0.25, 0.3) is 0 Å². The van der Waals surface area contributed by atoms with E-state index in [2.05, 4.69) is 4.74 Å². The van der Waals surface area contributed by atoms with Crippen LogP contribution in [0.25, 0.3) is 0 Å². The zero-order chi connectivity index (χ0) is 19.8. The van der Waals surface area contributed by atoms with Gasteiger partial charge in [0.1, 0.15) is 0 Å². The topological polar surface area (TPSA) is 63.6 Å². The summed E-state index contributed by atoms with van der Waals surface area (Å²) in [5.41, 5.74) is -5.68. The minimum atomic E-state index is -6.60. The standard InChI is InChI=1S/C13H15F7O4/c1-9(2,3)10(4,24-8(23)6-5-7(21)22)11(14,15)12(16,17)13(18,19)20/h5-6H,1-4H3,(H,21,22). The molecule has 0 bridgehead atoms. The van der Waals surface area contributed by atoms with Gasteiger partial charge in [-0.1, -0.05) is 20.8 Å². The number of carbonyl (C=O) groups excluding carboxylic acids is 1. The van der Waals surface area contributed by atoms with Gasteiger partial charge in [-0.15, -0.1) is 0 Å². The average Bonchev–Trinajstić information content (AvgIpc) is 2.32. The number of rotatable bonds is 5. The molecule has 0 heterocycles. The van der Waals surface area contributed by atoms with Crippen molar-refractivity contribution in [2.75, 3.05) is 0 Å². The number of hydrogen-bond acceptors (Lipinski definition) is 3. The number of carboxylic acids is 1. The van der Waals surface area contributed by atoms with Crippen molar-refractivity contribution >= 4 is 11.9 Å². The third kappa shape index (κ3) is 3.81. The number of carboxylic acid groups (broad SMARTS) is 1. The highest BCUT2D eigenvalue weighted by atomic mass is 19.4. The summed E-state index contributed by atoms with van der Waals surface area (Å²) in [5.74, 6) is -15.8. The maximum Gasteiger partial charge on any atom is 0.460 e. The van der Waals surface area contributed by atoms with Crippen LogP contribution in [0.4, 0.5) is 30.7 Å². The van der Waals surface area contributed by atoms with E-state index in [1.165, 1.54) is 0 Å². The third-order valence-electron chi connectivity index (χ3n) is 3.45. The van der Waals surface area contributed by atoms with E-state index in [-0.39, 0.29) is 19.1 Å². The van der Waals surface area contributed by atoms with Crippen LogP contribution in [0.5, 0.6) is 0 Å². The second-order valence-corrected chi connectivity index (χ2v) is 6.02. The van der Waals surface area contributed by atoms with Crippen molar-refractivity contribution in [3.8, 4) is 0 Å². The number of esters is 1. The molecule has 0 aliphatic heterocycles. The molecule has 11 heteroatoms. The van der Waals surface area contributed by atoms with E-state index in [0.717, 1.165) is 20.8 Å². The van der Waals surface area contributed by atoms with E-state index >= 15 is 0 Å². The Morgan fingerprint density at radius 2 is 1.25 bits per heavy atom. The fourth-order valence-electron chi connectivity index (χ4n) is 1.54. The van der Waals surface area contributed by atoms with Gasteiger partial charge in [-0.3, -0.25) is 0 Å². The molecule has 0 saturated carbocycles. The molecule has 0 amide bonds. The van der Waals surface area contributed by atoms with Crippen molar-refractivity contribution in [2.45, 2.75) is 51.3 Å². The van der Waals surface area contributed by atoms with Crippen LogP contribution >= 0.6 is 0 Å². The molecular weight excluding hydrogens is 353 g/mol. The maximum absolute atomic E-state index is 14.1. The summed E-state index contributed by atoms with van der Waals surface area (Å²) in [4.78, 5) is 21.6. The Morgan fingerprint density at radius 3 is 1.54 bits per heavy atom. The van der Waals surface area contributed by atoms with Crippen LogP contribution in [-0.2, 0) is 14.3 Å². The lowest BCUT2D eigenvalue weighted by Gasteiger charge is -2.47. The van der Waals surface area contributed by atoms with Crippen molar-refractivity contribution in [1.29, 1.82) is 0 Å². The molecule has 1 atom stereocenters. The first-order valence-corrected chi connectivity index (χ1v) is 6.27. The summed E-state index contributed by atoms with van der Waals surface area (Å²) in [6, 6.07) is 0. The van der Waals surface area contributed by atoms with Gasteiger partial charge in [0, 0.05) is 17.6 Å². The SMILES string of the molecule is CC(C)(C)C(C)(OC(=O)C=CC(=O)O)C(F)(F)C(F)(F)C(F)(F)F. The Kier molecular flexibility index (Phi) is 5.77. The van der Waals surface area contributed by atoms with Gasteiger partial charge in [-0.2, -0.15) is 30.7 Å². The smallest absolute Gasteiger partial charge is 0.460 e. The van der Waals surface area contributed by atoms with E-state index in [0.29, 0.717) is 0 Å². The van der Waals surface area contributed by atoms with Gasteiger partial charge in [0.2, 0.25) is 0 Å². The lowest BCUT2D eigenvalue weighted by Crippen LogP contribution is -2.68. The second-order valence-electron chi connectivity index (χ2n) is 6.02. The molecule has 0 aromatic heterocycles. The van der Waals surface area contributed by atoms with Gasteiger partial charge >= 0.3 is 30.0 Å². The molecule has 1 N–H and O–H groups in total. The van der Waals surface area contributed by atoms with E-state index in [1.807, 2.05) is 0 Å². The van der Waals surface area contributed by atoms with Crippen LogP contribution < -0.4 is 0 Å². The average molecular weight is 368 g/mol. The van der Waals surface area contributed by atoms with E-state index in [4.69, 9.17) is 5.11 Å². The van der Waals surface area contributed by atoms with Crippen LogP contribution in [-0.4, -0.2) is 40.7 Å². The number of carbonyl (C=O) groups is 2. The number of aliphatic carboxylic acids is 1. The van der Waals surface area contributed by atoms with Gasteiger partial charge in [-0.25, -0.2) is 9.59 Å². The summed E-state index contributed by atoms with van der Waals surface area (Å²) >= 11 is 0. The predicted molar refractivity (Wildman–Crippen MR) is 66.7 cm³/mol. The van der Waals surface area contributed by atoms with Crippen LogP contribution in [0.1, 0.15) is 27.7 Å². The first-order chi connectivity index (χ1) is 10.3. The Balaban J connectivity index is 6.12. The van der Waals surface area contributed by atoms with E-state index in [1.54, 1.807) is 0 Å². The van der Waals surface area contributed by atoms with Crippen LogP contribution in [0.3, 0.4) is 0 Å². The highest BCUT2D eigenvalue weighted by molar-refractivity contribution is 5.91. The highest BCUT2D eigenvalue weighted by Gasteiger charge is 2.81. The molecule has 0 aromatic rings. The largest absolute Gasteiger partial charge is 0.478 e. The molecule has 0 rings (SSSR count). The molecule has 0 fully saturated rings. The second kappa shape index (κ2) is 6.25. The summed E-state index contributed by atoms with van der Waals surface area (Å²) in [6.45, 7) is 2.81. The third-order valence-corrected chi connectivity index (χ3v) is 3.45. The summed E-state index contributed by atoms with van der Waals surface area (Å²) in [7, 11) is 0. The molecule has 0 saturated heterocycles. The molecule has 4 nitrogen and oxygen atoms in total. The van der Waals surface area contributed by atoms with Crippen molar-refractivity contribution in [2.24, 2.45) is 5.41 Å². The van der Waals surface area contributed by atoms with E-state index in [9.17, 15) is 40.3 Å². The minimum Gasteiger partial charge on any atom is -0.478 e. The Labute approximate surface area is 132 Å². The first kappa shape index (κ1) is 22.2. The number of ether oxygens (including phenoxy) is 1. The summed E-state index contributed by atoms with van der Waals surface area (Å²) in [5, 5.41) is 8.30. The number of halogens is 7.